The highest BCUT2D eigenvalue weighted by atomic mass is 16.6. The molecule has 2 aromatic carbocycles. The Morgan fingerprint density at radius 1 is 0.792 bits per heavy atom. The first-order valence-electron chi connectivity index (χ1n) is 16.4. The van der Waals surface area contributed by atoms with E-state index in [0.29, 0.717) is 25.7 Å². The molecule has 0 saturated heterocycles. The first kappa shape index (κ1) is 39.7. The summed E-state index contributed by atoms with van der Waals surface area (Å²) in [6.45, 7) is 9.18. The smallest absolute Gasteiger partial charge is 0.408 e. The maximum absolute atomic E-state index is 13.4. The molecule has 0 aromatic heterocycles. The number of ether oxygens (including phenoxy) is 3. The molecule has 2 atom stereocenters. The van der Waals surface area contributed by atoms with E-state index < -0.39 is 41.6 Å². The Balaban J connectivity index is 1.97. The summed E-state index contributed by atoms with van der Waals surface area (Å²) in [5.41, 5.74) is 3.65. The van der Waals surface area contributed by atoms with Gasteiger partial charge in [-0.05, 0) is 57.1 Å². The van der Waals surface area contributed by atoms with Crippen molar-refractivity contribution in [2.24, 2.45) is 5.92 Å². The Labute approximate surface area is 284 Å². The fraction of sp³-hybridized carbons (Fsp3) is 0.528. The molecule has 3 N–H and O–H groups in total. The number of nitrogens with one attached hydrogen (secondary N) is 3. The molecule has 264 valence electrons. The van der Waals surface area contributed by atoms with E-state index in [1.165, 1.54) is 5.01 Å². The van der Waals surface area contributed by atoms with Crippen LogP contribution >= 0.6 is 0 Å². The topological polar surface area (TPSA) is 152 Å². The van der Waals surface area contributed by atoms with Crippen molar-refractivity contribution >= 4 is 29.8 Å². The lowest BCUT2D eigenvalue weighted by molar-refractivity contribution is -0.147. The number of carbonyl (C=O) groups excluding carboxylic acids is 5. The number of nitrogens with zero attached hydrogens (tertiary/aromatic N) is 1. The molecule has 0 fully saturated rings. The highest BCUT2D eigenvalue weighted by Gasteiger charge is 2.28. The van der Waals surface area contributed by atoms with Gasteiger partial charge in [-0.2, -0.15) is 0 Å². The summed E-state index contributed by atoms with van der Waals surface area (Å²) in [5.74, 6) is -1.66. The van der Waals surface area contributed by atoms with Crippen LogP contribution in [0.5, 0.6) is 0 Å². The number of hydrogen-bond donors (Lipinski definition) is 3. The molecule has 0 aliphatic rings. The van der Waals surface area contributed by atoms with E-state index in [2.05, 4.69) is 16.1 Å². The van der Waals surface area contributed by atoms with Gasteiger partial charge in [0.2, 0.25) is 11.8 Å². The van der Waals surface area contributed by atoms with Crippen LogP contribution in [0.3, 0.4) is 0 Å². The molecule has 0 bridgehead atoms. The van der Waals surface area contributed by atoms with Crippen LogP contribution in [0.15, 0.2) is 60.7 Å². The number of benzene rings is 2. The molecule has 0 aliphatic carbocycles. The third kappa shape index (κ3) is 18.0. The van der Waals surface area contributed by atoms with Crippen molar-refractivity contribution < 1.29 is 38.2 Å². The number of hydrazine groups is 1. The van der Waals surface area contributed by atoms with Crippen LogP contribution in [-0.2, 0) is 46.6 Å². The van der Waals surface area contributed by atoms with E-state index in [4.69, 9.17) is 14.2 Å². The Kier molecular flexibility index (Phi) is 17.1. The Morgan fingerprint density at radius 3 is 1.90 bits per heavy atom. The van der Waals surface area contributed by atoms with Gasteiger partial charge in [0.15, 0.2) is 0 Å². The fourth-order valence-electron chi connectivity index (χ4n) is 4.65. The molecule has 12 nitrogen and oxygen atoms in total. The summed E-state index contributed by atoms with van der Waals surface area (Å²) in [7, 11) is 1.54. The molecule has 0 unspecified atom stereocenters. The second-order valence-corrected chi connectivity index (χ2v) is 13.2. The lowest BCUT2D eigenvalue weighted by Crippen LogP contribution is -2.52. The SMILES string of the molecule is CC(C)C[C@H](NC(=O)OC(C)(C)C)C(=O)N[C@@H](CCCCC(=O)OCc1ccccc1)CC(=O)NN(C)CC(=O)OCc1ccccc1. The van der Waals surface area contributed by atoms with Gasteiger partial charge in [-0.1, -0.05) is 80.9 Å². The number of rotatable bonds is 19. The van der Waals surface area contributed by atoms with Crippen LogP contribution in [-0.4, -0.2) is 66.1 Å². The minimum absolute atomic E-state index is 0.0784. The average Bonchev–Trinajstić information content (AvgIpc) is 3.00. The molecule has 2 aromatic rings. The van der Waals surface area contributed by atoms with Crippen molar-refractivity contribution in [3.05, 3.63) is 71.8 Å². The summed E-state index contributed by atoms with van der Waals surface area (Å²) >= 11 is 0. The summed E-state index contributed by atoms with van der Waals surface area (Å²) in [6, 6.07) is 17.1. The van der Waals surface area contributed by atoms with E-state index >= 15 is 0 Å². The minimum atomic E-state index is -0.888. The first-order valence-corrected chi connectivity index (χ1v) is 16.4. The van der Waals surface area contributed by atoms with Gasteiger partial charge in [-0.15, -0.1) is 0 Å². The van der Waals surface area contributed by atoms with Crippen molar-refractivity contribution in [2.45, 2.75) is 104 Å². The van der Waals surface area contributed by atoms with Crippen LogP contribution in [0.2, 0.25) is 0 Å². The molecule has 0 heterocycles. The number of amides is 3. The van der Waals surface area contributed by atoms with Crippen LogP contribution in [0.1, 0.15) is 84.3 Å². The van der Waals surface area contributed by atoms with Gasteiger partial charge in [0, 0.05) is 25.9 Å². The van der Waals surface area contributed by atoms with Gasteiger partial charge in [0.05, 0.1) is 0 Å². The summed E-state index contributed by atoms with van der Waals surface area (Å²) in [6.07, 6.45) is 1.11. The number of unbranched alkanes of at least 4 members (excludes halogenated alkanes) is 1. The predicted molar refractivity (Wildman–Crippen MR) is 181 cm³/mol. The molecule has 0 saturated carbocycles. The monoisotopic (exact) mass is 668 g/mol. The third-order valence-corrected chi connectivity index (χ3v) is 6.84. The molecule has 2 rings (SSSR count). The molecule has 3 amide bonds. The lowest BCUT2D eigenvalue weighted by Gasteiger charge is -2.26. The van der Waals surface area contributed by atoms with Gasteiger partial charge in [0.1, 0.15) is 31.4 Å². The van der Waals surface area contributed by atoms with Gasteiger partial charge in [-0.25, -0.2) is 9.80 Å². The Hall–Kier alpha value is -4.45. The van der Waals surface area contributed by atoms with Crippen molar-refractivity contribution in [3.8, 4) is 0 Å². The van der Waals surface area contributed by atoms with Crippen LogP contribution < -0.4 is 16.1 Å². The quantitative estimate of drug-likeness (QED) is 0.0829. The van der Waals surface area contributed by atoms with Gasteiger partial charge < -0.3 is 24.8 Å². The van der Waals surface area contributed by atoms with Crippen molar-refractivity contribution in [1.29, 1.82) is 0 Å². The molecule has 0 radical (unpaired) electrons. The van der Waals surface area contributed by atoms with Gasteiger partial charge >= 0.3 is 18.0 Å². The zero-order valence-electron chi connectivity index (χ0n) is 29.1. The number of alkyl carbamates (subject to hydrolysis) is 1. The largest absolute Gasteiger partial charge is 0.461 e. The lowest BCUT2D eigenvalue weighted by atomic mass is 10.0. The fourth-order valence-corrected chi connectivity index (χ4v) is 4.65. The predicted octanol–water partition coefficient (Wildman–Crippen LogP) is 4.81. The Bertz CT molecular complexity index is 1300. The van der Waals surface area contributed by atoms with E-state index in [0.717, 1.165) is 11.1 Å². The van der Waals surface area contributed by atoms with Gasteiger partial charge in [-0.3, -0.25) is 24.6 Å². The highest BCUT2D eigenvalue weighted by Crippen LogP contribution is 2.13. The normalized spacial score (nSPS) is 12.5. The Morgan fingerprint density at radius 2 is 1.35 bits per heavy atom. The standard InChI is InChI=1S/C36H52N4O8/c1-26(2)21-30(38-35(45)48-36(3,4)5)34(44)37-29(19-13-14-20-32(42)46-24-27-15-9-7-10-16-27)22-31(41)39-40(6)23-33(43)47-25-28-17-11-8-12-18-28/h7-12,15-18,26,29-30H,13-14,19-25H2,1-6H3,(H,37,44)(H,38,45)(H,39,41)/t29-,30-/m0/s1. The van der Waals surface area contributed by atoms with Crippen molar-refractivity contribution in [1.82, 2.24) is 21.1 Å². The zero-order chi connectivity index (χ0) is 35.5. The van der Waals surface area contributed by atoms with E-state index in [-0.39, 0.29) is 44.5 Å². The highest BCUT2D eigenvalue weighted by molar-refractivity contribution is 5.86. The number of esters is 2. The van der Waals surface area contributed by atoms with Crippen LogP contribution in [0.4, 0.5) is 4.79 Å². The minimum Gasteiger partial charge on any atom is -0.461 e. The van der Waals surface area contributed by atoms with E-state index in [9.17, 15) is 24.0 Å². The second-order valence-electron chi connectivity index (χ2n) is 13.2. The maximum Gasteiger partial charge on any atom is 0.408 e. The second kappa shape index (κ2) is 20.7. The van der Waals surface area contributed by atoms with Gasteiger partial charge in [0.25, 0.3) is 0 Å². The van der Waals surface area contributed by atoms with Crippen molar-refractivity contribution in [3.63, 3.8) is 0 Å². The number of carbonyl (C=O) groups is 5. The summed E-state index contributed by atoms with van der Waals surface area (Å²) in [5, 5.41) is 6.89. The zero-order valence-corrected chi connectivity index (χ0v) is 29.1. The number of likely N-dealkylation sites (N-methyl/N-ethyl adjacent to an activating group) is 1. The van der Waals surface area contributed by atoms with E-state index in [1.807, 2.05) is 74.5 Å². The number of hydrogen-bond acceptors (Lipinski definition) is 9. The van der Waals surface area contributed by atoms with E-state index in [1.54, 1.807) is 27.8 Å². The third-order valence-electron chi connectivity index (χ3n) is 6.84. The van der Waals surface area contributed by atoms with Crippen molar-refractivity contribution in [2.75, 3.05) is 13.6 Å². The molecular formula is C36H52N4O8. The molecule has 0 spiro atoms. The van der Waals surface area contributed by atoms with Crippen LogP contribution in [0, 0.1) is 5.92 Å². The maximum atomic E-state index is 13.4. The molecule has 12 heteroatoms. The summed E-state index contributed by atoms with van der Waals surface area (Å²) in [4.78, 5) is 63.6. The summed E-state index contributed by atoms with van der Waals surface area (Å²) < 4.78 is 16.0. The van der Waals surface area contributed by atoms with Crippen LogP contribution in [0.25, 0.3) is 0 Å². The first-order chi connectivity index (χ1) is 22.7. The molecule has 48 heavy (non-hydrogen) atoms. The molecule has 0 aliphatic heterocycles. The average molecular weight is 669 g/mol. The molecular weight excluding hydrogens is 616 g/mol.